The van der Waals surface area contributed by atoms with Gasteiger partial charge in [0.2, 0.25) is 0 Å². The average Bonchev–Trinajstić information content (AvgIpc) is 2.87. The van der Waals surface area contributed by atoms with E-state index in [4.69, 9.17) is 11.6 Å². The van der Waals surface area contributed by atoms with Crippen LogP contribution >= 0.6 is 27.5 Å². The SMILES string of the molecule is CCNC(c1ccc(Br)c(Cl)c1)c1nccn1CC. The number of benzene rings is 1. The van der Waals surface area contributed by atoms with Gasteiger partial charge in [-0.3, -0.25) is 0 Å². The summed E-state index contributed by atoms with van der Waals surface area (Å²) in [6.07, 6.45) is 3.84. The molecule has 0 aliphatic heterocycles. The lowest BCUT2D eigenvalue weighted by atomic mass is 10.1. The van der Waals surface area contributed by atoms with Crippen LogP contribution in [-0.2, 0) is 6.54 Å². The van der Waals surface area contributed by atoms with Crippen molar-refractivity contribution in [3.63, 3.8) is 0 Å². The van der Waals surface area contributed by atoms with E-state index in [9.17, 15) is 0 Å². The van der Waals surface area contributed by atoms with Gasteiger partial charge in [0.05, 0.1) is 11.1 Å². The molecule has 1 aromatic heterocycles. The van der Waals surface area contributed by atoms with Gasteiger partial charge < -0.3 is 9.88 Å². The summed E-state index contributed by atoms with van der Waals surface area (Å²) >= 11 is 9.61. The number of aryl methyl sites for hydroxylation is 1. The van der Waals surface area contributed by atoms with Crippen LogP contribution in [0, 0.1) is 0 Å². The Kier molecular flexibility index (Phi) is 5.02. The van der Waals surface area contributed by atoms with Crippen molar-refractivity contribution >= 4 is 27.5 Å². The molecule has 0 aliphatic rings. The van der Waals surface area contributed by atoms with Gasteiger partial charge in [0.1, 0.15) is 5.82 Å². The Morgan fingerprint density at radius 1 is 1.42 bits per heavy atom. The van der Waals surface area contributed by atoms with Crippen molar-refractivity contribution in [2.24, 2.45) is 0 Å². The number of imidazole rings is 1. The Labute approximate surface area is 127 Å². The highest BCUT2D eigenvalue weighted by Crippen LogP contribution is 2.28. The predicted octanol–water partition coefficient (Wildman–Crippen LogP) is 4.02. The van der Waals surface area contributed by atoms with Crippen molar-refractivity contribution in [1.29, 1.82) is 0 Å². The van der Waals surface area contributed by atoms with Crippen molar-refractivity contribution in [2.75, 3.05) is 6.54 Å². The van der Waals surface area contributed by atoms with Crippen molar-refractivity contribution in [3.8, 4) is 0 Å². The smallest absolute Gasteiger partial charge is 0.130 e. The zero-order valence-electron chi connectivity index (χ0n) is 11.0. The van der Waals surface area contributed by atoms with Crippen LogP contribution < -0.4 is 5.32 Å². The maximum atomic E-state index is 6.19. The molecule has 1 aromatic carbocycles. The molecule has 0 saturated carbocycles. The zero-order valence-corrected chi connectivity index (χ0v) is 13.4. The van der Waals surface area contributed by atoms with Crippen molar-refractivity contribution < 1.29 is 0 Å². The van der Waals surface area contributed by atoms with E-state index in [0.717, 1.165) is 34.0 Å². The highest BCUT2D eigenvalue weighted by molar-refractivity contribution is 9.10. The highest BCUT2D eigenvalue weighted by Gasteiger charge is 2.18. The fourth-order valence-electron chi connectivity index (χ4n) is 2.10. The molecule has 0 radical (unpaired) electrons. The Morgan fingerprint density at radius 3 is 2.84 bits per heavy atom. The first-order chi connectivity index (χ1) is 9.17. The molecule has 5 heteroatoms. The summed E-state index contributed by atoms with van der Waals surface area (Å²) in [4.78, 5) is 4.48. The minimum atomic E-state index is 0.0607. The first-order valence-electron chi connectivity index (χ1n) is 6.36. The number of hydrogen-bond donors (Lipinski definition) is 1. The fraction of sp³-hybridized carbons (Fsp3) is 0.357. The number of aromatic nitrogens is 2. The molecule has 0 saturated heterocycles. The first-order valence-corrected chi connectivity index (χ1v) is 7.53. The second-order valence-corrected chi connectivity index (χ2v) is 5.50. The third-order valence-electron chi connectivity index (χ3n) is 3.03. The normalized spacial score (nSPS) is 12.6. The summed E-state index contributed by atoms with van der Waals surface area (Å²) < 4.78 is 3.05. The van der Waals surface area contributed by atoms with Gasteiger partial charge in [-0.25, -0.2) is 4.98 Å². The van der Waals surface area contributed by atoms with E-state index in [1.54, 1.807) is 0 Å². The lowest BCUT2D eigenvalue weighted by Gasteiger charge is -2.19. The van der Waals surface area contributed by atoms with E-state index in [1.165, 1.54) is 0 Å². The summed E-state index contributed by atoms with van der Waals surface area (Å²) in [5.41, 5.74) is 1.12. The topological polar surface area (TPSA) is 29.9 Å². The van der Waals surface area contributed by atoms with Crippen LogP contribution in [0.2, 0.25) is 5.02 Å². The second kappa shape index (κ2) is 6.55. The number of rotatable bonds is 5. The van der Waals surface area contributed by atoms with Gasteiger partial charge in [-0.1, -0.05) is 24.6 Å². The van der Waals surface area contributed by atoms with Gasteiger partial charge in [0.25, 0.3) is 0 Å². The van der Waals surface area contributed by atoms with Crippen molar-refractivity contribution in [3.05, 3.63) is 51.5 Å². The van der Waals surface area contributed by atoms with Crippen LogP contribution in [0.25, 0.3) is 0 Å². The van der Waals surface area contributed by atoms with Crippen LogP contribution in [-0.4, -0.2) is 16.1 Å². The van der Waals surface area contributed by atoms with Crippen LogP contribution in [0.3, 0.4) is 0 Å². The average molecular weight is 343 g/mol. The standard InChI is InChI=1S/C14H17BrClN3/c1-3-17-13(14-18-7-8-19(14)4-2)10-5-6-11(15)12(16)9-10/h5-9,13,17H,3-4H2,1-2H3. The number of halogens is 2. The maximum absolute atomic E-state index is 6.19. The molecule has 1 heterocycles. The Morgan fingerprint density at radius 2 is 2.21 bits per heavy atom. The van der Waals surface area contributed by atoms with Gasteiger partial charge >= 0.3 is 0 Å². The lowest BCUT2D eigenvalue weighted by molar-refractivity contribution is 0.559. The van der Waals surface area contributed by atoms with Gasteiger partial charge in [0.15, 0.2) is 0 Å². The first kappa shape index (κ1) is 14.6. The number of nitrogens with one attached hydrogen (secondary N) is 1. The molecule has 19 heavy (non-hydrogen) atoms. The molecule has 2 aromatic rings. The summed E-state index contributed by atoms with van der Waals surface area (Å²) in [6.45, 7) is 5.98. The number of hydrogen-bond acceptors (Lipinski definition) is 2. The van der Waals surface area contributed by atoms with E-state index >= 15 is 0 Å². The molecular formula is C14H17BrClN3. The summed E-state index contributed by atoms with van der Waals surface area (Å²) in [5, 5.41) is 4.18. The monoisotopic (exact) mass is 341 g/mol. The van der Waals surface area contributed by atoms with E-state index in [-0.39, 0.29) is 6.04 Å². The van der Waals surface area contributed by atoms with E-state index in [2.05, 4.69) is 50.7 Å². The molecule has 102 valence electrons. The molecule has 1 unspecified atom stereocenters. The predicted molar refractivity (Wildman–Crippen MR) is 82.6 cm³/mol. The van der Waals surface area contributed by atoms with Crippen LogP contribution in [0.1, 0.15) is 31.3 Å². The van der Waals surface area contributed by atoms with Crippen molar-refractivity contribution in [2.45, 2.75) is 26.4 Å². The molecule has 1 atom stereocenters. The van der Waals surface area contributed by atoms with Crippen LogP contribution in [0.15, 0.2) is 35.1 Å². The second-order valence-electron chi connectivity index (χ2n) is 4.24. The molecule has 0 amide bonds. The Hall–Kier alpha value is -0.840. The van der Waals surface area contributed by atoms with E-state index < -0.39 is 0 Å². The zero-order chi connectivity index (χ0) is 13.8. The van der Waals surface area contributed by atoms with Crippen molar-refractivity contribution in [1.82, 2.24) is 14.9 Å². The molecule has 2 rings (SSSR count). The van der Waals surface area contributed by atoms with Gasteiger partial charge in [-0.2, -0.15) is 0 Å². The molecule has 0 fully saturated rings. The molecule has 0 spiro atoms. The largest absolute Gasteiger partial charge is 0.334 e. The molecule has 1 N–H and O–H groups in total. The Balaban J connectivity index is 2.42. The van der Waals surface area contributed by atoms with Gasteiger partial charge in [-0.15, -0.1) is 0 Å². The van der Waals surface area contributed by atoms with E-state index in [1.807, 2.05) is 24.5 Å². The molecule has 3 nitrogen and oxygen atoms in total. The van der Waals surface area contributed by atoms with Gasteiger partial charge in [0, 0.05) is 23.4 Å². The third kappa shape index (κ3) is 3.19. The van der Waals surface area contributed by atoms with Crippen LogP contribution in [0.4, 0.5) is 0 Å². The fourth-order valence-corrected chi connectivity index (χ4v) is 2.54. The van der Waals surface area contributed by atoms with Crippen LogP contribution in [0.5, 0.6) is 0 Å². The quantitative estimate of drug-likeness (QED) is 0.889. The molecule has 0 bridgehead atoms. The van der Waals surface area contributed by atoms with E-state index in [0.29, 0.717) is 0 Å². The maximum Gasteiger partial charge on any atom is 0.130 e. The third-order valence-corrected chi connectivity index (χ3v) is 4.26. The minimum Gasteiger partial charge on any atom is -0.334 e. The summed E-state index contributed by atoms with van der Waals surface area (Å²) in [7, 11) is 0. The highest BCUT2D eigenvalue weighted by atomic mass is 79.9. The minimum absolute atomic E-state index is 0.0607. The number of nitrogens with zero attached hydrogens (tertiary/aromatic N) is 2. The van der Waals surface area contributed by atoms with Gasteiger partial charge in [-0.05, 0) is 47.1 Å². The summed E-state index contributed by atoms with van der Waals surface area (Å²) in [5.74, 6) is 1.02. The lowest BCUT2D eigenvalue weighted by Crippen LogP contribution is -2.25. The molecule has 0 aliphatic carbocycles. The molecular weight excluding hydrogens is 326 g/mol. The summed E-state index contributed by atoms with van der Waals surface area (Å²) in [6, 6.07) is 6.08. The Bertz CT molecular complexity index is 553.